The summed E-state index contributed by atoms with van der Waals surface area (Å²) in [6.07, 6.45) is 1.31. The number of amides is 3. The molecule has 0 atom stereocenters. The average molecular weight is 495 g/mol. The minimum absolute atomic E-state index is 0.224. The topological polar surface area (TPSA) is 118 Å². The predicted molar refractivity (Wildman–Crippen MR) is 134 cm³/mol. The summed E-state index contributed by atoms with van der Waals surface area (Å²) in [5.41, 5.74) is 4.79. The van der Waals surface area contributed by atoms with Crippen LogP contribution in [0.1, 0.15) is 11.1 Å². The van der Waals surface area contributed by atoms with Gasteiger partial charge in [-0.3, -0.25) is 14.4 Å². The Labute approximate surface area is 207 Å². The summed E-state index contributed by atoms with van der Waals surface area (Å²) in [7, 11) is 1.46. The van der Waals surface area contributed by atoms with Gasteiger partial charge in [0.05, 0.1) is 24.0 Å². The second-order valence-corrected chi connectivity index (χ2v) is 7.65. The van der Waals surface area contributed by atoms with Gasteiger partial charge in [-0.1, -0.05) is 41.4 Å². The number of carbonyl (C=O) groups excluding carboxylic acids is 3. The van der Waals surface area contributed by atoms with E-state index in [4.69, 9.17) is 21.1 Å². The first kappa shape index (κ1) is 25.3. The van der Waals surface area contributed by atoms with Crippen LogP contribution in [0, 0.1) is 6.92 Å². The minimum Gasteiger partial charge on any atom is -0.495 e. The highest BCUT2D eigenvalue weighted by molar-refractivity contribution is 6.39. The fraction of sp³-hybridized carbons (Fsp3) is 0.120. The largest absolute Gasteiger partial charge is 0.495 e. The van der Waals surface area contributed by atoms with E-state index in [0.29, 0.717) is 28.4 Å². The van der Waals surface area contributed by atoms with Crippen molar-refractivity contribution in [1.82, 2.24) is 5.43 Å². The summed E-state index contributed by atoms with van der Waals surface area (Å²) >= 11 is 6.22. The molecule has 0 fully saturated rings. The maximum absolute atomic E-state index is 12.1. The number of hydrogen-bond donors (Lipinski definition) is 3. The fourth-order valence-electron chi connectivity index (χ4n) is 2.83. The Balaban J connectivity index is 1.49. The summed E-state index contributed by atoms with van der Waals surface area (Å²) in [5.74, 6) is -1.47. The van der Waals surface area contributed by atoms with E-state index in [-0.39, 0.29) is 17.5 Å². The van der Waals surface area contributed by atoms with E-state index in [1.165, 1.54) is 13.3 Å². The van der Waals surface area contributed by atoms with Crippen LogP contribution in [0.15, 0.2) is 71.8 Å². The van der Waals surface area contributed by atoms with Crippen molar-refractivity contribution < 1.29 is 23.9 Å². The predicted octanol–water partition coefficient (Wildman–Crippen LogP) is 3.76. The Morgan fingerprint density at radius 3 is 2.40 bits per heavy atom. The Kier molecular flexibility index (Phi) is 8.80. The standard InChI is InChI=1S/C25H23ClN4O5/c1-16-7-10-18(11-8-16)28-23(31)15-35-21-12-9-17(13-19(21)26)14-27-30-25(33)24(32)29-20-5-3-4-6-22(20)34-2/h3-14H,15H2,1-2H3,(H,28,31)(H,29,32)(H,30,33)/b27-14-. The molecule has 0 aliphatic rings. The van der Waals surface area contributed by atoms with Crippen LogP contribution < -0.4 is 25.5 Å². The summed E-state index contributed by atoms with van der Waals surface area (Å²) in [5, 5.41) is 9.19. The van der Waals surface area contributed by atoms with Gasteiger partial charge in [-0.25, -0.2) is 5.43 Å². The molecular formula is C25H23ClN4O5. The minimum atomic E-state index is -0.960. The number of benzene rings is 3. The third kappa shape index (κ3) is 7.58. The Bertz CT molecular complexity index is 1240. The molecule has 0 radical (unpaired) electrons. The van der Waals surface area contributed by atoms with Gasteiger partial charge in [0.15, 0.2) is 6.61 Å². The van der Waals surface area contributed by atoms with E-state index in [0.717, 1.165) is 5.56 Å². The normalized spacial score (nSPS) is 10.5. The number of methoxy groups -OCH3 is 1. The number of nitrogens with zero attached hydrogens (tertiary/aromatic N) is 1. The molecule has 0 heterocycles. The molecule has 3 aromatic rings. The number of carbonyl (C=O) groups is 3. The number of aryl methyl sites for hydroxylation is 1. The molecule has 3 rings (SSSR count). The Morgan fingerprint density at radius 1 is 0.943 bits per heavy atom. The van der Waals surface area contributed by atoms with E-state index < -0.39 is 11.8 Å². The number of halogens is 1. The molecule has 0 saturated carbocycles. The number of ether oxygens (including phenoxy) is 2. The van der Waals surface area contributed by atoms with Gasteiger partial charge >= 0.3 is 11.8 Å². The maximum atomic E-state index is 12.1. The highest BCUT2D eigenvalue weighted by Crippen LogP contribution is 2.25. The van der Waals surface area contributed by atoms with Crippen LogP contribution in [-0.2, 0) is 14.4 Å². The fourth-order valence-corrected chi connectivity index (χ4v) is 3.08. The molecule has 3 N–H and O–H groups in total. The van der Waals surface area contributed by atoms with Crippen molar-refractivity contribution in [2.24, 2.45) is 5.10 Å². The Hall–Kier alpha value is -4.37. The van der Waals surface area contributed by atoms with Crippen LogP contribution in [0.3, 0.4) is 0 Å². The highest BCUT2D eigenvalue weighted by atomic mass is 35.5. The van der Waals surface area contributed by atoms with E-state index in [1.54, 1.807) is 54.6 Å². The average Bonchev–Trinajstić information content (AvgIpc) is 2.85. The quantitative estimate of drug-likeness (QED) is 0.250. The molecule has 0 bridgehead atoms. The second kappa shape index (κ2) is 12.2. The van der Waals surface area contributed by atoms with Gasteiger partial charge in [-0.15, -0.1) is 0 Å². The zero-order valence-corrected chi connectivity index (χ0v) is 19.8. The molecule has 0 spiro atoms. The summed E-state index contributed by atoms with van der Waals surface area (Å²) in [4.78, 5) is 36.1. The van der Waals surface area contributed by atoms with Gasteiger partial charge in [0.25, 0.3) is 5.91 Å². The smallest absolute Gasteiger partial charge is 0.329 e. The molecule has 0 aliphatic carbocycles. The lowest BCUT2D eigenvalue weighted by Crippen LogP contribution is -2.32. The van der Waals surface area contributed by atoms with Crippen LogP contribution in [-0.4, -0.2) is 37.7 Å². The first-order valence-electron chi connectivity index (χ1n) is 10.4. The molecule has 180 valence electrons. The van der Waals surface area contributed by atoms with Crippen LogP contribution in [0.2, 0.25) is 5.02 Å². The lowest BCUT2D eigenvalue weighted by Gasteiger charge is -2.09. The molecule has 9 nitrogen and oxygen atoms in total. The first-order valence-corrected chi connectivity index (χ1v) is 10.8. The van der Waals surface area contributed by atoms with E-state index >= 15 is 0 Å². The third-order valence-corrected chi connectivity index (χ3v) is 4.89. The molecular weight excluding hydrogens is 472 g/mol. The molecule has 3 amide bonds. The van der Waals surface area contributed by atoms with E-state index in [2.05, 4.69) is 21.2 Å². The zero-order chi connectivity index (χ0) is 25.2. The van der Waals surface area contributed by atoms with Gasteiger partial charge in [0, 0.05) is 5.69 Å². The number of hydrazone groups is 1. The first-order chi connectivity index (χ1) is 16.9. The van der Waals surface area contributed by atoms with E-state index in [9.17, 15) is 14.4 Å². The number of hydrogen-bond acceptors (Lipinski definition) is 6. The molecule has 0 aromatic heterocycles. The van der Waals surface area contributed by atoms with Gasteiger partial charge in [0.2, 0.25) is 0 Å². The van der Waals surface area contributed by atoms with Crippen LogP contribution in [0.5, 0.6) is 11.5 Å². The molecule has 0 saturated heterocycles. The summed E-state index contributed by atoms with van der Waals surface area (Å²) in [6, 6.07) is 18.8. The van der Waals surface area contributed by atoms with Crippen molar-refractivity contribution in [3.8, 4) is 11.5 Å². The molecule has 35 heavy (non-hydrogen) atoms. The van der Waals surface area contributed by atoms with Crippen molar-refractivity contribution in [1.29, 1.82) is 0 Å². The summed E-state index contributed by atoms with van der Waals surface area (Å²) in [6.45, 7) is 1.73. The molecule has 10 heteroatoms. The number of anilines is 2. The third-order valence-electron chi connectivity index (χ3n) is 4.59. The van der Waals surface area contributed by atoms with Crippen molar-refractivity contribution in [3.63, 3.8) is 0 Å². The summed E-state index contributed by atoms with van der Waals surface area (Å²) < 4.78 is 10.6. The van der Waals surface area contributed by atoms with Crippen LogP contribution in [0.25, 0.3) is 0 Å². The van der Waals surface area contributed by atoms with Gasteiger partial charge in [0.1, 0.15) is 11.5 Å². The van der Waals surface area contributed by atoms with Crippen LogP contribution >= 0.6 is 11.6 Å². The molecule has 0 aliphatic heterocycles. The Morgan fingerprint density at radius 2 is 1.69 bits per heavy atom. The van der Waals surface area contributed by atoms with E-state index in [1.807, 2.05) is 19.1 Å². The SMILES string of the molecule is COc1ccccc1NC(=O)C(=O)N/N=C\c1ccc(OCC(=O)Nc2ccc(C)cc2)c(Cl)c1. The van der Waals surface area contributed by atoms with Gasteiger partial charge in [-0.2, -0.15) is 5.10 Å². The van der Waals surface area contributed by atoms with Gasteiger partial charge < -0.3 is 20.1 Å². The van der Waals surface area contributed by atoms with Crippen LogP contribution in [0.4, 0.5) is 11.4 Å². The lowest BCUT2D eigenvalue weighted by atomic mass is 10.2. The lowest BCUT2D eigenvalue weighted by molar-refractivity contribution is -0.136. The van der Waals surface area contributed by atoms with Crippen molar-refractivity contribution in [3.05, 3.63) is 82.9 Å². The van der Waals surface area contributed by atoms with Crippen molar-refractivity contribution >= 4 is 46.9 Å². The monoisotopic (exact) mass is 494 g/mol. The number of rotatable bonds is 8. The zero-order valence-electron chi connectivity index (χ0n) is 19.0. The van der Waals surface area contributed by atoms with Gasteiger partial charge in [-0.05, 0) is 55.0 Å². The molecule has 0 unspecified atom stereocenters. The maximum Gasteiger partial charge on any atom is 0.329 e. The molecule has 3 aromatic carbocycles. The highest BCUT2D eigenvalue weighted by Gasteiger charge is 2.15. The number of para-hydroxylation sites is 2. The second-order valence-electron chi connectivity index (χ2n) is 7.25. The number of nitrogens with one attached hydrogen (secondary N) is 3. The van der Waals surface area contributed by atoms with Crippen molar-refractivity contribution in [2.45, 2.75) is 6.92 Å². The van der Waals surface area contributed by atoms with Crippen molar-refractivity contribution in [2.75, 3.05) is 24.4 Å².